The molecule has 3 aromatic rings. The summed E-state index contributed by atoms with van der Waals surface area (Å²) in [5, 5.41) is 0. The second-order valence-electron chi connectivity index (χ2n) is 9.23. The summed E-state index contributed by atoms with van der Waals surface area (Å²) >= 11 is 0. The van der Waals surface area contributed by atoms with Crippen molar-refractivity contribution in [2.75, 3.05) is 33.0 Å². The number of ketones is 2. The lowest BCUT2D eigenvalue weighted by Gasteiger charge is -2.44. The molecule has 0 amide bonds. The van der Waals surface area contributed by atoms with Gasteiger partial charge in [-0.3, -0.25) is 19.4 Å². The number of nitrogens with zero attached hydrogens (tertiary/aromatic N) is 2. The molecule has 6 rings (SSSR count). The third-order valence-electron chi connectivity index (χ3n) is 7.20. The van der Waals surface area contributed by atoms with E-state index in [1.807, 2.05) is 67.6 Å². The topological polar surface area (TPSA) is 59.1 Å². The number of carbonyl (C=O) groups is 2. The van der Waals surface area contributed by atoms with E-state index in [4.69, 9.17) is 9.47 Å². The molecule has 0 bridgehead atoms. The highest BCUT2D eigenvalue weighted by Crippen LogP contribution is 2.43. The minimum absolute atomic E-state index is 0.105. The molecule has 0 saturated carbocycles. The quantitative estimate of drug-likeness (QED) is 0.559. The summed E-state index contributed by atoms with van der Waals surface area (Å²) < 4.78 is 10.9. The van der Waals surface area contributed by atoms with Crippen LogP contribution in [0.3, 0.4) is 0 Å². The largest absolute Gasteiger partial charge is 0.454 e. The lowest BCUT2D eigenvalue weighted by atomic mass is 9.82. The molecule has 0 radical (unpaired) electrons. The summed E-state index contributed by atoms with van der Waals surface area (Å²) in [6, 6.07) is 21.2. The van der Waals surface area contributed by atoms with Crippen LogP contribution < -0.4 is 9.47 Å². The third-order valence-corrected chi connectivity index (χ3v) is 7.20. The Kier molecular flexibility index (Phi) is 5.01. The Morgan fingerprint density at radius 2 is 1.53 bits per heavy atom. The van der Waals surface area contributed by atoms with Gasteiger partial charge in [-0.05, 0) is 36.2 Å². The molecule has 0 N–H and O–H groups in total. The maximum Gasteiger partial charge on any atom is 0.231 e. The van der Waals surface area contributed by atoms with E-state index in [9.17, 15) is 9.59 Å². The molecule has 1 aliphatic carbocycles. The molecule has 0 aromatic heterocycles. The van der Waals surface area contributed by atoms with Crippen molar-refractivity contribution < 1.29 is 19.1 Å². The molecule has 2 aliphatic heterocycles. The molecule has 1 fully saturated rings. The average Bonchev–Trinajstić information content (AvgIpc) is 3.41. The summed E-state index contributed by atoms with van der Waals surface area (Å²) in [5.41, 5.74) is 2.67. The van der Waals surface area contributed by atoms with Crippen LogP contribution in [-0.2, 0) is 12.1 Å². The minimum atomic E-state index is -1.29. The van der Waals surface area contributed by atoms with Crippen molar-refractivity contribution in [3.63, 3.8) is 0 Å². The SMILES string of the molecule is Cc1ccc2c(c1)C(=O)[C@@](c1ccccc1)(N1CCN(Cc3ccc4c(c3)OCO4)CC1)C2=O. The molecule has 2 heterocycles. The summed E-state index contributed by atoms with van der Waals surface area (Å²) in [6.07, 6.45) is 0. The lowest BCUT2D eigenvalue weighted by Crippen LogP contribution is -2.60. The predicted molar refractivity (Wildman–Crippen MR) is 127 cm³/mol. The number of benzene rings is 3. The molecule has 3 aliphatic rings. The van der Waals surface area contributed by atoms with Gasteiger partial charge in [-0.2, -0.15) is 0 Å². The Hall–Kier alpha value is -3.48. The Morgan fingerprint density at radius 3 is 2.32 bits per heavy atom. The fourth-order valence-corrected chi connectivity index (χ4v) is 5.49. The molecule has 1 atom stereocenters. The van der Waals surface area contributed by atoms with Crippen LogP contribution in [-0.4, -0.2) is 54.3 Å². The highest BCUT2D eigenvalue weighted by molar-refractivity contribution is 6.32. The van der Waals surface area contributed by atoms with E-state index >= 15 is 0 Å². The van der Waals surface area contributed by atoms with Gasteiger partial charge in [0.25, 0.3) is 0 Å². The van der Waals surface area contributed by atoms with Crippen LogP contribution in [0.5, 0.6) is 11.5 Å². The monoisotopic (exact) mass is 454 g/mol. The molecule has 6 heteroatoms. The highest BCUT2D eigenvalue weighted by Gasteiger charge is 2.58. The van der Waals surface area contributed by atoms with Gasteiger partial charge in [0, 0.05) is 43.9 Å². The highest BCUT2D eigenvalue weighted by atomic mass is 16.7. The van der Waals surface area contributed by atoms with Crippen molar-refractivity contribution >= 4 is 11.6 Å². The number of carbonyl (C=O) groups excluding carboxylic acids is 2. The van der Waals surface area contributed by atoms with Gasteiger partial charge in [-0.1, -0.05) is 54.1 Å². The molecule has 6 nitrogen and oxygen atoms in total. The van der Waals surface area contributed by atoms with Crippen LogP contribution in [0.25, 0.3) is 0 Å². The number of rotatable bonds is 4. The van der Waals surface area contributed by atoms with E-state index in [-0.39, 0.29) is 18.4 Å². The van der Waals surface area contributed by atoms with Gasteiger partial charge in [0.1, 0.15) is 0 Å². The van der Waals surface area contributed by atoms with Gasteiger partial charge >= 0.3 is 0 Å². The molecular formula is C28H26N2O4. The van der Waals surface area contributed by atoms with Crippen LogP contribution in [0.15, 0.2) is 66.7 Å². The lowest BCUT2D eigenvalue weighted by molar-refractivity contribution is 0.0279. The number of hydrogen-bond donors (Lipinski definition) is 0. The van der Waals surface area contributed by atoms with Crippen LogP contribution in [0, 0.1) is 6.92 Å². The van der Waals surface area contributed by atoms with Crippen molar-refractivity contribution in [1.29, 1.82) is 0 Å². The second kappa shape index (κ2) is 8.08. The van der Waals surface area contributed by atoms with Gasteiger partial charge in [0.15, 0.2) is 28.6 Å². The Labute approximate surface area is 198 Å². The predicted octanol–water partition coefficient (Wildman–Crippen LogP) is 3.82. The zero-order valence-electron chi connectivity index (χ0n) is 19.1. The Morgan fingerprint density at radius 1 is 0.794 bits per heavy atom. The number of hydrogen-bond acceptors (Lipinski definition) is 6. The zero-order valence-corrected chi connectivity index (χ0v) is 19.1. The van der Waals surface area contributed by atoms with Crippen molar-refractivity contribution in [2.45, 2.75) is 19.0 Å². The molecular weight excluding hydrogens is 428 g/mol. The summed E-state index contributed by atoms with van der Waals surface area (Å²) in [6.45, 7) is 5.79. The van der Waals surface area contributed by atoms with E-state index in [2.05, 4.69) is 15.9 Å². The summed E-state index contributed by atoms with van der Waals surface area (Å²) in [7, 11) is 0. The first-order valence-corrected chi connectivity index (χ1v) is 11.7. The molecule has 0 spiro atoms. The van der Waals surface area contributed by atoms with E-state index in [1.165, 1.54) is 0 Å². The first kappa shape index (κ1) is 21.1. The van der Waals surface area contributed by atoms with E-state index in [1.54, 1.807) is 0 Å². The van der Waals surface area contributed by atoms with E-state index in [0.717, 1.165) is 47.8 Å². The molecule has 172 valence electrons. The smallest absolute Gasteiger partial charge is 0.231 e. The number of ether oxygens (including phenoxy) is 2. The standard InChI is InChI=1S/C28H26N2O4/c1-19-7-9-22-23(15-19)27(32)28(26(22)31,21-5-3-2-4-6-21)30-13-11-29(12-14-30)17-20-8-10-24-25(16-20)34-18-33-24/h2-10,15-16H,11-14,17-18H2,1H3/t28-/m0/s1. The van der Waals surface area contributed by atoms with Crippen LogP contribution >= 0.6 is 0 Å². The van der Waals surface area contributed by atoms with Gasteiger partial charge in [0.05, 0.1) is 0 Å². The fraction of sp³-hybridized carbons (Fsp3) is 0.286. The first-order valence-electron chi connectivity index (χ1n) is 11.7. The normalized spacial score (nSPS) is 22.3. The van der Waals surface area contributed by atoms with Gasteiger partial charge < -0.3 is 9.47 Å². The van der Waals surface area contributed by atoms with Crippen molar-refractivity contribution in [3.8, 4) is 11.5 Å². The zero-order chi connectivity index (χ0) is 23.3. The number of aryl methyl sites for hydroxylation is 1. The maximum atomic E-state index is 14.0. The third kappa shape index (κ3) is 3.17. The average molecular weight is 455 g/mol. The summed E-state index contributed by atoms with van der Waals surface area (Å²) in [5.74, 6) is 1.36. The van der Waals surface area contributed by atoms with Crippen molar-refractivity contribution in [1.82, 2.24) is 9.80 Å². The molecule has 1 saturated heterocycles. The van der Waals surface area contributed by atoms with Crippen molar-refractivity contribution in [3.05, 3.63) is 94.5 Å². The van der Waals surface area contributed by atoms with Crippen LogP contribution in [0.1, 0.15) is 37.4 Å². The molecule has 0 unspecified atom stereocenters. The van der Waals surface area contributed by atoms with E-state index < -0.39 is 5.54 Å². The Balaban J connectivity index is 1.28. The van der Waals surface area contributed by atoms with Crippen LogP contribution in [0.2, 0.25) is 0 Å². The number of fused-ring (bicyclic) bond motifs is 2. The minimum Gasteiger partial charge on any atom is -0.454 e. The van der Waals surface area contributed by atoms with E-state index in [0.29, 0.717) is 24.2 Å². The summed E-state index contributed by atoms with van der Waals surface area (Å²) in [4.78, 5) is 32.3. The second-order valence-corrected chi connectivity index (χ2v) is 9.23. The van der Waals surface area contributed by atoms with Gasteiger partial charge in [-0.15, -0.1) is 0 Å². The van der Waals surface area contributed by atoms with Crippen molar-refractivity contribution in [2.24, 2.45) is 0 Å². The first-order chi connectivity index (χ1) is 16.6. The maximum absolute atomic E-state index is 14.0. The van der Waals surface area contributed by atoms with Gasteiger partial charge in [-0.25, -0.2) is 0 Å². The molecule has 3 aromatic carbocycles. The number of piperazine rings is 1. The Bertz CT molecular complexity index is 1280. The van der Waals surface area contributed by atoms with Gasteiger partial charge in [0.2, 0.25) is 6.79 Å². The number of Topliss-reactive ketones (excluding diaryl/α,β-unsaturated/α-hetero) is 2. The molecule has 34 heavy (non-hydrogen) atoms. The van der Waals surface area contributed by atoms with Crippen LogP contribution in [0.4, 0.5) is 0 Å². The fourth-order valence-electron chi connectivity index (χ4n) is 5.49.